The minimum absolute atomic E-state index is 0.447. The van der Waals surface area contributed by atoms with Crippen molar-refractivity contribution < 1.29 is 9.59 Å². The molecular weight excluding hydrogens is 254 g/mol. The highest BCUT2D eigenvalue weighted by Crippen LogP contribution is 2.21. The fourth-order valence-corrected chi connectivity index (χ4v) is 2.38. The lowest BCUT2D eigenvalue weighted by atomic mass is 10.1. The highest BCUT2D eigenvalue weighted by atomic mass is 16.2. The SMILES string of the molecule is CCc1cccc(C)c1NC(=O)C(=O)N1CCNCC1. The van der Waals surface area contributed by atoms with E-state index in [2.05, 4.69) is 10.6 Å². The van der Waals surface area contributed by atoms with Crippen LogP contribution in [0.15, 0.2) is 18.2 Å². The maximum absolute atomic E-state index is 12.1. The number of benzene rings is 1. The Morgan fingerprint density at radius 2 is 2.00 bits per heavy atom. The summed E-state index contributed by atoms with van der Waals surface area (Å²) in [5.74, 6) is -0.993. The summed E-state index contributed by atoms with van der Waals surface area (Å²) in [6.45, 7) is 6.61. The first-order valence-corrected chi connectivity index (χ1v) is 7.03. The van der Waals surface area contributed by atoms with E-state index in [0.29, 0.717) is 13.1 Å². The van der Waals surface area contributed by atoms with E-state index in [1.165, 1.54) is 0 Å². The molecule has 0 spiro atoms. The molecule has 0 radical (unpaired) electrons. The summed E-state index contributed by atoms with van der Waals surface area (Å²) in [6.07, 6.45) is 0.819. The molecule has 1 aliphatic rings. The van der Waals surface area contributed by atoms with Gasteiger partial charge in [0.25, 0.3) is 0 Å². The Morgan fingerprint density at radius 1 is 1.30 bits per heavy atom. The summed E-state index contributed by atoms with van der Waals surface area (Å²) in [7, 11) is 0. The van der Waals surface area contributed by atoms with Crippen molar-refractivity contribution in [3.05, 3.63) is 29.3 Å². The van der Waals surface area contributed by atoms with Gasteiger partial charge in [0.1, 0.15) is 0 Å². The molecule has 0 saturated carbocycles. The van der Waals surface area contributed by atoms with Gasteiger partial charge < -0.3 is 15.5 Å². The van der Waals surface area contributed by atoms with E-state index in [4.69, 9.17) is 0 Å². The molecule has 1 saturated heterocycles. The van der Waals surface area contributed by atoms with Crippen LogP contribution in [0.5, 0.6) is 0 Å². The molecule has 0 bridgehead atoms. The van der Waals surface area contributed by atoms with Crippen molar-refractivity contribution in [2.75, 3.05) is 31.5 Å². The van der Waals surface area contributed by atoms with Crippen molar-refractivity contribution in [1.29, 1.82) is 0 Å². The molecule has 2 amide bonds. The van der Waals surface area contributed by atoms with Crippen LogP contribution in [0.2, 0.25) is 0 Å². The van der Waals surface area contributed by atoms with Crippen LogP contribution in [0.25, 0.3) is 0 Å². The Bertz CT molecular complexity index is 508. The average Bonchev–Trinajstić information content (AvgIpc) is 2.49. The number of nitrogens with one attached hydrogen (secondary N) is 2. The van der Waals surface area contributed by atoms with E-state index in [1.807, 2.05) is 32.0 Å². The zero-order chi connectivity index (χ0) is 14.5. The molecule has 1 fully saturated rings. The zero-order valence-corrected chi connectivity index (χ0v) is 12.0. The Labute approximate surface area is 119 Å². The molecule has 1 aliphatic heterocycles. The standard InChI is InChI=1S/C15H21N3O2/c1-3-12-6-4-5-11(2)13(12)17-14(19)15(20)18-9-7-16-8-10-18/h4-6,16H,3,7-10H2,1-2H3,(H,17,19). The molecule has 1 aromatic carbocycles. The number of nitrogens with zero attached hydrogens (tertiary/aromatic N) is 1. The molecule has 108 valence electrons. The van der Waals surface area contributed by atoms with Crippen LogP contribution in [0.1, 0.15) is 18.1 Å². The van der Waals surface area contributed by atoms with Crippen molar-refractivity contribution in [3.8, 4) is 0 Å². The molecule has 1 aromatic rings. The summed E-state index contributed by atoms with van der Waals surface area (Å²) in [5, 5.41) is 5.94. The van der Waals surface area contributed by atoms with E-state index in [1.54, 1.807) is 4.90 Å². The van der Waals surface area contributed by atoms with Gasteiger partial charge in [0.05, 0.1) is 0 Å². The lowest BCUT2D eigenvalue weighted by Crippen LogP contribution is -2.50. The second-order valence-electron chi connectivity index (χ2n) is 4.96. The predicted octanol–water partition coefficient (Wildman–Crippen LogP) is 0.928. The maximum atomic E-state index is 12.1. The second-order valence-corrected chi connectivity index (χ2v) is 4.96. The van der Waals surface area contributed by atoms with Crippen LogP contribution in [-0.4, -0.2) is 42.9 Å². The lowest BCUT2D eigenvalue weighted by Gasteiger charge is -2.27. The Morgan fingerprint density at radius 3 is 2.65 bits per heavy atom. The zero-order valence-electron chi connectivity index (χ0n) is 12.0. The fraction of sp³-hybridized carbons (Fsp3) is 0.467. The van der Waals surface area contributed by atoms with E-state index in [9.17, 15) is 9.59 Å². The summed E-state index contributed by atoms with van der Waals surface area (Å²) < 4.78 is 0. The number of amides is 2. The smallest absolute Gasteiger partial charge is 0.313 e. The van der Waals surface area contributed by atoms with Gasteiger partial charge in [-0.05, 0) is 24.5 Å². The number of anilines is 1. The minimum Gasteiger partial charge on any atom is -0.332 e. The first-order chi connectivity index (χ1) is 9.63. The minimum atomic E-state index is -0.545. The van der Waals surface area contributed by atoms with Gasteiger partial charge in [0.2, 0.25) is 0 Å². The fourth-order valence-electron chi connectivity index (χ4n) is 2.38. The largest absolute Gasteiger partial charge is 0.332 e. The quantitative estimate of drug-likeness (QED) is 0.789. The molecule has 2 N–H and O–H groups in total. The van der Waals surface area contributed by atoms with Crippen LogP contribution >= 0.6 is 0 Å². The number of carbonyl (C=O) groups excluding carboxylic acids is 2. The van der Waals surface area contributed by atoms with Crippen molar-refractivity contribution in [2.24, 2.45) is 0 Å². The van der Waals surface area contributed by atoms with Crippen molar-refractivity contribution in [1.82, 2.24) is 10.2 Å². The van der Waals surface area contributed by atoms with E-state index in [0.717, 1.165) is 36.3 Å². The number of hydrogen-bond donors (Lipinski definition) is 2. The Kier molecular flexibility index (Phi) is 4.74. The van der Waals surface area contributed by atoms with Crippen molar-refractivity contribution >= 4 is 17.5 Å². The number of hydrogen-bond acceptors (Lipinski definition) is 3. The molecular formula is C15H21N3O2. The van der Waals surface area contributed by atoms with Gasteiger partial charge in [-0.2, -0.15) is 0 Å². The highest BCUT2D eigenvalue weighted by molar-refractivity contribution is 6.39. The van der Waals surface area contributed by atoms with Gasteiger partial charge in [-0.3, -0.25) is 9.59 Å². The number of para-hydroxylation sites is 1. The predicted molar refractivity (Wildman–Crippen MR) is 78.6 cm³/mol. The summed E-state index contributed by atoms with van der Waals surface area (Å²) >= 11 is 0. The Balaban J connectivity index is 2.09. The van der Waals surface area contributed by atoms with E-state index in [-0.39, 0.29) is 0 Å². The summed E-state index contributed by atoms with van der Waals surface area (Å²) in [6, 6.07) is 5.86. The van der Waals surface area contributed by atoms with Crippen LogP contribution in [-0.2, 0) is 16.0 Å². The normalized spacial score (nSPS) is 15.0. The van der Waals surface area contributed by atoms with Crippen LogP contribution in [0.4, 0.5) is 5.69 Å². The van der Waals surface area contributed by atoms with Crippen molar-refractivity contribution in [3.63, 3.8) is 0 Å². The third kappa shape index (κ3) is 3.17. The number of carbonyl (C=O) groups is 2. The number of piperazine rings is 1. The summed E-state index contributed by atoms with van der Waals surface area (Å²) in [4.78, 5) is 25.8. The first-order valence-electron chi connectivity index (χ1n) is 7.03. The van der Waals surface area contributed by atoms with Crippen LogP contribution in [0.3, 0.4) is 0 Å². The molecule has 2 rings (SSSR count). The Hall–Kier alpha value is -1.88. The molecule has 5 heteroatoms. The maximum Gasteiger partial charge on any atom is 0.313 e. The monoisotopic (exact) mass is 275 g/mol. The molecule has 5 nitrogen and oxygen atoms in total. The van der Waals surface area contributed by atoms with Gasteiger partial charge in [0.15, 0.2) is 0 Å². The average molecular weight is 275 g/mol. The number of aryl methyl sites for hydroxylation is 2. The van der Waals surface area contributed by atoms with Gasteiger partial charge in [0, 0.05) is 31.9 Å². The molecule has 20 heavy (non-hydrogen) atoms. The second kappa shape index (κ2) is 6.52. The highest BCUT2D eigenvalue weighted by Gasteiger charge is 2.24. The molecule has 0 unspecified atom stereocenters. The third-order valence-corrected chi connectivity index (χ3v) is 3.58. The van der Waals surface area contributed by atoms with E-state index >= 15 is 0 Å². The number of rotatable bonds is 2. The first kappa shape index (κ1) is 14.5. The van der Waals surface area contributed by atoms with E-state index < -0.39 is 11.8 Å². The van der Waals surface area contributed by atoms with Gasteiger partial charge >= 0.3 is 11.8 Å². The third-order valence-electron chi connectivity index (χ3n) is 3.58. The van der Waals surface area contributed by atoms with Crippen LogP contribution < -0.4 is 10.6 Å². The summed E-state index contributed by atoms with van der Waals surface area (Å²) in [5.41, 5.74) is 2.79. The topological polar surface area (TPSA) is 61.4 Å². The van der Waals surface area contributed by atoms with Gasteiger partial charge in [-0.25, -0.2) is 0 Å². The van der Waals surface area contributed by atoms with Crippen LogP contribution in [0, 0.1) is 6.92 Å². The van der Waals surface area contributed by atoms with Gasteiger partial charge in [-0.1, -0.05) is 25.1 Å². The molecule has 0 atom stereocenters. The molecule has 1 heterocycles. The van der Waals surface area contributed by atoms with Gasteiger partial charge in [-0.15, -0.1) is 0 Å². The van der Waals surface area contributed by atoms with Crippen molar-refractivity contribution in [2.45, 2.75) is 20.3 Å². The molecule has 0 aromatic heterocycles. The molecule has 0 aliphatic carbocycles. The lowest BCUT2D eigenvalue weighted by molar-refractivity contribution is -0.143.